The molecule has 0 aliphatic carbocycles. The van der Waals surface area contributed by atoms with Crippen molar-refractivity contribution in [2.24, 2.45) is 0 Å². The van der Waals surface area contributed by atoms with E-state index in [1.54, 1.807) is 0 Å². The van der Waals surface area contributed by atoms with Gasteiger partial charge in [0.05, 0.1) is 6.61 Å². The molecule has 3 heterocycles. The minimum absolute atomic E-state index is 0.232. The van der Waals surface area contributed by atoms with E-state index in [1.165, 1.54) is 0 Å². The maximum absolute atomic E-state index is 6.06. The Labute approximate surface area is 137 Å². The summed E-state index contributed by atoms with van der Waals surface area (Å²) in [7, 11) is 0. The summed E-state index contributed by atoms with van der Waals surface area (Å²) >= 11 is 0. The molecule has 0 saturated carbocycles. The van der Waals surface area contributed by atoms with Crippen LogP contribution in [0.15, 0.2) is 0 Å². The molecule has 134 valence electrons. The van der Waals surface area contributed by atoms with Crippen molar-refractivity contribution in [3.8, 4) is 0 Å². The number of hydrogen-bond donors (Lipinski definition) is 0. The Kier molecular flexibility index (Phi) is 4.74. The molecule has 0 aromatic heterocycles. The van der Waals surface area contributed by atoms with E-state index in [9.17, 15) is 0 Å². The molecule has 0 radical (unpaired) electrons. The van der Waals surface area contributed by atoms with Crippen molar-refractivity contribution in [3.63, 3.8) is 0 Å². The fourth-order valence-corrected chi connectivity index (χ4v) is 3.33. The molecule has 7 nitrogen and oxygen atoms in total. The molecule has 7 heteroatoms. The molecule has 0 amide bonds. The van der Waals surface area contributed by atoms with Crippen LogP contribution in [0.1, 0.15) is 41.5 Å². The highest BCUT2D eigenvalue weighted by molar-refractivity contribution is 4.98. The van der Waals surface area contributed by atoms with E-state index in [0.717, 1.165) is 0 Å². The van der Waals surface area contributed by atoms with E-state index in [-0.39, 0.29) is 30.7 Å². The maximum atomic E-state index is 6.06. The molecule has 3 saturated heterocycles. The van der Waals surface area contributed by atoms with Crippen molar-refractivity contribution in [1.29, 1.82) is 0 Å². The van der Waals surface area contributed by atoms with Gasteiger partial charge in [0.25, 0.3) is 0 Å². The summed E-state index contributed by atoms with van der Waals surface area (Å²) in [5, 5.41) is 0. The van der Waals surface area contributed by atoms with Crippen LogP contribution in [0.5, 0.6) is 0 Å². The van der Waals surface area contributed by atoms with Crippen LogP contribution in [0.2, 0.25) is 0 Å². The summed E-state index contributed by atoms with van der Waals surface area (Å²) in [6.07, 6.45) is -2.05. The summed E-state index contributed by atoms with van der Waals surface area (Å²) in [4.78, 5) is 0. The summed E-state index contributed by atoms with van der Waals surface area (Å²) in [6.45, 7) is 12.3. The second kappa shape index (κ2) is 6.22. The Balaban J connectivity index is 1.73. The molecule has 23 heavy (non-hydrogen) atoms. The first kappa shape index (κ1) is 17.5. The fraction of sp³-hybridized carbons (Fsp3) is 1.00. The van der Waals surface area contributed by atoms with Crippen molar-refractivity contribution in [3.05, 3.63) is 0 Å². The van der Waals surface area contributed by atoms with Gasteiger partial charge in [0.2, 0.25) is 0 Å². The first-order valence-electron chi connectivity index (χ1n) is 8.31. The number of ether oxygens (including phenoxy) is 7. The molecule has 0 N–H and O–H groups in total. The monoisotopic (exact) mass is 332 g/mol. The van der Waals surface area contributed by atoms with Crippen LogP contribution in [-0.2, 0) is 33.2 Å². The lowest BCUT2D eigenvalue weighted by Crippen LogP contribution is -2.45. The lowest BCUT2D eigenvalue weighted by atomic mass is 10.1. The normalized spacial score (nSPS) is 42.8. The minimum Gasteiger partial charge on any atom is -0.353 e. The largest absolute Gasteiger partial charge is 0.353 e. The molecule has 2 unspecified atom stereocenters. The van der Waals surface area contributed by atoms with Gasteiger partial charge in [-0.15, -0.1) is 0 Å². The summed E-state index contributed by atoms with van der Waals surface area (Å²) < 4.78 is 41.0. The Bertz CT molecular complexity index is 425. The second-order valence-electron chi connectivity index (χ2n) is 7.06. The summed E-state index contributed by atoms with van der Waals surface area (Å²) in [6, 6.07) is 0. The molecule has 0 spiro atoms. The molecule has 3 aliphatic heterocycles. The van der Waals surface area contributed by atoms with E-state index in [0.29, 0.717) is 13.2 Å². The van der Waals surface area contributed by atoms with Gasteiger partial charge in [-0.1, -0.05) is 0 Å². The smallest absolute Gasteiger partial charge is 0.190 e. The first-order chi connectivity index (χ1) is 10.7. The van der Waals surface area contributed by atoms with Gasteiger partial charge in [-0.25, -0.2) is 0 Å². The van der Waals surface area contributed by atoms with Crippen molar-refractivity contribution in [1.82, 2.24) is 0 Å². The van der Waals surface area contributed by atoms with E-state index in [2.05, 4.69) is 0 Å². The van der Waals surface area contributed by atoms with Gasteiger partial charge < -0.3 is 33.2 Å². The van der Waals surface area contributed by atoms with Crippen molar-refractivity contribution in [2.75, 3.05) is 13.2 Å². The van der Waals surface area contributed by atoms with Crippen LogP contribution in [-0.4, -0.2) is 61.8 Å². The van der Waals surface area contributed by atoms with Crippen molar-refractivity contribution >= 4 is 0 Å². The van der Waals surface area contributed by atoms with Crippen LogP contribution in [0.3, 0.4) is 0 Å². The zero-order chi connectivity index (χ0) is 16.8. The minimum atomic E-state index is -0.691. The molecule has 3 fully saturated rings. The lowest BCUT2D eigenvalue weighted by Gasteiger charge is -2.30. The Morgan fingerprint density at radius 3 is 2.39 bits per heavy atom. The third-order valence-corrected chi connectivity index (χ3v) is 4.17. The molecule has 0 aromatic rings. The van der Waals surface area contributed by atoms with Gasteiger partial charge in [-0.3, -0.25) is 0 Å². The van der Waals surface area contributed by atoms with E-state index in [1.807, 2.05) is 41.5 Å². The molecule has 3 aliphatic rings. The first-order valence-corrected chi connectivity index (χ1v) is 8.31. The van der Waals surface area contributed by atoms with Gasteiger partial charge >= 0.3 is 0 Å². The van der Waals surface area contributed by atoms with Crippen LogP contribution >= 0.6 is 0 Å². The molecular formula is C16H28O7. The standard InChI is InChI=1S/C16H28O7/c1-7-17-9(2)19-12-11(10-8-18-15(3,4)21-10)20-14-13(12)22-16(5,6)23-14/h9-14H,7-8H2,1-6H3/t9?,10?,11-,12+,13-,14-/m1/s1. The zero-order valence-electron chi connectivity index (χ0n) is 14.7. The van der Waals surface area contributed by atoms with Crippen LogP contribution in [0.4, 0.5) is 0 Å². The highest BCUT2D eigenvalue weighted by atomic mass is 16.9. The van der Waals surface area contributed by atoms with E-state index in [4.69, 9.17) is 33.2 Å². The zero-order valence-corrected chi connectivity index (χ0v) is 14.7. The average molecular weight is 332 g/mol. The predicted octanol–water partition coefficient (Wildman–Crippen LogP) is 1.78. The Hall–Kier alpha value is -0.280. The van der Waals surface area contributed by atoms with Crippen LogP contribution < -0.4 is 0 Å². The Morgan fingerprint density at radius 1 is 1.04 bits per heavy atom. The second-order valence-corrected chi connectivity index (χ2v) is 7.06. The number of rotatable bonds is 5. The average Bonchev–Trinajstić information content (AvgIpc) is 3.01. The lowest BCUT2D eigenvalue weighted by molar-refractivity contribution is -0.252. The topological polar surface area (TPSA) is 64.6 Å². The predicted molar refractivity (Wildman–Crippen MR) is 79.6 cm³/mol. The van der Waals surface area contributed by atoms with Gasteiger partial charge in [0, 0.05) is 6.61 Å². The molecule has 0 aromatic carbocycles. The summed E-state index contributed by atoms with van der Waals surface area (Å²) in [5.74, 6) is -1.31. The molecule has 3 rings (SSSR count). The van der Waals surface area contributed by atoms with Gasteiger partial charge in [0.1, 0.15) is 24.4 Å². The third kappa shape index (κ3) is 3.71. The molecule has 6 atom stereocenters. The highest BCUT2D eigenvalue weighted by Gasteiger charge is 2.59. The van der Waals surface area contributed by atoms with Gasteiger partial charge in [-0.05, 0) is 41.5 Å². The highest BCUT2D eigenvalue weighted by Crippen LogP contribution is 2.42. The number of fused-ring (bicyclic) bond motifs is 1. The van der Waals surface area contributed by atoms with E-state index >= 15 is 0 Å². The third-order valence-electron chi connectivity index (χ3n) is 4.17. The number of hydrogen-bond acceptors (Lipinski definition) is 7. The van der Waals surface area contributed by atoms with Crippen LogP contribution in [0, 0.1) is 0 Å². The van der Waals surface area contributed by atoms with Crippen LogP contribution in [0.25, 0.3) is 0 Å². The molecular weight excluding hydrogens is 304 g/mol. The maximum Gasteiger partial charge on any atom is 0.190 e. The fourth-order valence-electron chi connectivity index (χ4n) is 3.33. The summed E-state index contributed by atoms with van der Waals surface area (Å²) in [5.41, 5.74) is 0. The molecule has 0 bridgehead atoms. The quantitative estimate of drug-likeness (QED) is 0.711. The van der Waals surface area contributed by atoms with Gasteiger partial charge in [-0.2, -0.15) is 0 Å². The van der Waals surface area contributed by atoms with Crippen molar-refractivity contribution in [2.45, 2.75) is 90.1 Å². The van der Waals surface area contributed by atoms with Gasteiger partial charge in [0.15, 0.2) is 24.2 Å². The van der Waals surface area contributed by atoms with Crippen molar-refractivity contribution < 1.29 is 33.2 Å². The van der Waals surface area contributed by atoms with E-state index < -0.39 is 17.9 Å². The Morgan fingerprint density at radius 2 is 1.78 bits per heavy atom. The SMILES string of the molecule is CCOC(C)O[C@@H]1[C@H]2OC(C)(C)O[C@H]2O[C@@H]1C1COC(C)(C)O1.